The lowest BCUT2D eigenvalue weighted by molar-refractivity contribution is -0.154. The maximum absolute atomic E-state index is 14.1. The number of unbranched alkanes of at least 4 members (excludes halogenated alkanes) is 3. The van der Waals surface area contributed by atoms with Crippen LogP contribution in [0.1, 0.15) is 65.4 Å². The Morgan fingerprint density at radius 2 is 1.62 bits per heavy atom. The molecule has 4 rings (SSSR count). The molecule has 0 saturated heterocycles. The van der Waals surface area contributed by atoms with Crippen molar-refractivity contribution in [3.8, 4) is 17.2 Å². The van der Waals surface area contributed by atoms with Crippen LogP contribution < -0.4 is 14.9 Å². The zero-order chi connectivity index (χ0) is 28.2. The Balaban J connectivity index is 1.85. The minimum absolute atomic E-state index is 0.0482. The van der Waals surface area contributed by atoms with Crippen molar-refractivity contribution in [2.75, 3.05) is 0 Å². The molecule has 0 spiro atoms. The van der Waals surface area contributed by atoms with Crippen molar-refractivity contribution in [1.29, 1.82) is 0 Å². The number of halogens is 3. The largest absolute Gasteiger partial charge is 0.453 e. The first-order valence-electron chi connectivity index (χ1n) is 12.8. The van der Waals surface area contributed by atoms with Gasteiger partial charge in [0.25, 0.3) is 5.76 Å². The van der Waals surface area contributed by atoms with Crippen LogP contribution in [0.25, 0.3) is 11.0 Å². The van der Waals surface area contributed by atoms with Gasteiger partial charge in [-0.1, -0.05) is 50.5 Å². The van der Waals surface area contributed by atoms with Gasteiger partial charge in [-0.25, -0.2) is 4.79 Å². The summed E-state index contributed by atoms with van der Waals surface area (Å²) in [5, 5.41) is -0.0904. The predicted octanol–water partition coefficient (Wildman–Crippen LogP) is 8.56. The van der Waals surface area contributed by atoms with Crippen LogP contribution in [0, 0.1) is 13.8 Å². The van der Waals surface area contributed by atoms with Crippen LogP contribution in [-0.2, 0) is 12.6 Å². The third-order valence-corrected chi connectivity index (χ3v) is 6.22. The van der Waals surface area contributed by atoms with Crippen molar-refractivity contribution in [3.63, 3.8) is 0 Å². The molecular weight excluding hydrogens is 509 g/mol. The number of aryl methyl sites for hydroxylation is 3. The molecule has 0 bridgehead atoms. The molecule has 3 aromatic carbocycles. The van der Waals surface area contributed by atoms with Crippen molar-refractivity contribution in [3.05, 3.63) is 98.9 Å². The average molecular weight is 539 g/mol. The summed E-state index contributed by atoms with van der Waals surface area (Å²) in [6, 6.07) is 15.8. The highest BCUT2D eigenvalue weighted by atomic mass is 19.4. The SMILES string of the molecule is CCCCCCc1cc2c(=O)c(Oc3cc(C)cc(C)c3)c(C(F)(F)F)oc2cc1OC(=O)c1ccccc1. The Morgan fingerprint density at radius 1 is 0.923 bits per heavy atom. The molecule has 0 radical (unpaired) electrons. The highest BCUT2D eigenvalue weighted by Crippen LogP contribution is 2.39. The minimum Gasteiger partial charge on any atom is -0.449 e. The lowest BCUT2D eigenvalue weighted by Gasteiger charge is -2.16. The second-order valence-corrected chi connectivity index (χ2v) is 9.53. The highest BCUT2D eigenvalue weighted by Gasteiger charge is 2.40. The summed E-state index contributed by atoms with van der Waals surface area (Å²) in [7, 11) is 0. The normalized spacial score (nSPS) is 11.5. The monoisotopic (exact) mass is 538 g/mol. The Labute approximate surface area is 224 Å². The van der Waals surface area contributed by atoms with Gasteiger partial charge in [0.15, 0.2) is 0 Å². The van der Waals surface area contributed by atoms with Crippen LogP contribution in [0.5, 0.6) is 17.2 Å². The van der Waals surface area contributed by atoms with Gasteiger partial charge in [-0.15, -0.1) is 0 Å². The first kappa shape index (κ1) is 28.0. The summed E-state index contributed by atoms with van der Waals surface area (Å²) in [6.45, 7) is 5.62. The molecule has 0 unspecified atom stereocenters. The zero-order valence-electron chi connectivity index (χ0n) is 22.0. The van der Waals surface area contributed by atoms with Crippen LogP contribution in [0.15, 0.2) is 69.9 Å². The fraction of sp³-hybridized carbons (Fsp3) is 0.290. The van der Waals surface area contributed by atoms with Crippen molar-refractivity contribution in [2.24, 2.45) is 0 Å². The molecule has 0 saturated carbocycles. The maximum atomic E-state index is 14.1. The number of hydrogen-bond donors (Lipinski definition) is 0. The third kappa shape index (κ3) is 6.69. The molecular formula is C31H29F3O5. The molecule has 39 heavy (non-hydrogen) atoms. The lowest BCUT2D eigenvalue weighted by Crippen LogP contribution is -2.16. The highest BCUT2D eigenvalue weighted by molar-refractivity contribution is 5.92. The number of fused-ring (bicyclic) bond motifs is 1. The molecule has 0 atom stereocenters. The Kier molecular flexibility index (Phi) is 8.43. The number of hydrogen-bond acceptors (Lipinski definition) is 5. The summed E-state index contributed by atoms with van der Waals surface area (Å²) < 4.78 is 58.6. The van der Waals surface area contributed by atoms with E-state index in [1.807, 2.05) is 6.07 Å². The second kappa shape index (κ2) is 11.8. The average Bonchev–Trinajstić information content (AvgIpc) is 2.88. The quantitative estimate of drug-likeness (QED) is 0.121. The van der Waals surface area contributed by atoms with Crippen LogP contribution in [0.2, 0.25) is 0 Å². The Hall–Kier alpha value is -4.07. The first-order chi connectivity index (χ1) is 18.6. The molecule has 0 aliphatic carbocycles. The molecule has 0 fully saturated rings. The van der Waals surface area contributed by atoms with E-state index in [2.05, 4.69) is 6.92 Å². The summed E-state index contributed by atoms with van der Waals surface area (Å²) in [5.74, 6) is -3.02. The zero-order valence-corrected chi connectivity index (χ0v) is 22.0. The van der Waals surface area contributed by atoms with Gasteiger partial charge in [0.05, 0.1) is 10.9 Å². The predicted molar refractivity (Wildman–Crippen MR) is 143 cm³/mol. The smallest absolute Gasteiger partial charge is 0.449 e. The van der Waals surface area contributed by atoms with Crippen molar-refractivity contribution in [2.45, 2.75) is 59.1 Å². The maximum Gasteiger partial charge on any atom is 0.453 e. The summed E-state index contributed by atoms with van der Waals surface area (Å²) in [4.78, 5) is 26.2. The number of benzene rings is 3. The van der Waals surface area contributed by atoms with Gasteiger partial charge < -0.3 is 13.9 Å². The number of carbonyl (C=O) groups is 1. The van der Waals surface area contributed by atoms with E-state index in [4.69, 9.17) is 13.9 Å². The lowest BCUT2D eigenvalue weighted by atomic mass is 10.0. The third-order valence-electron chi connectivity index (χ3n) is 6.22. The van der Waals surface area contributed by atoms with Crippen LogP contribution in [0.4, 0.5) is 13.2 Å². The van der Waals surface area contributed by atoms with Crippen molar-refractivity contribution >= 4 is 16.9 Å². The van der Waals surface area contributed by atoms with Crippen LogP contribution in [0.3, 0.4) is 0 Å². The number of ether oxygens (including phenoxy) is 2. The number of alkyl halides is 3. The fourth-order valence-corrected chi connectivity index (χ4v) is 4.40. The van der Waals surface area contributed by atoms with Gasteiger partial charge in [-0.05, 0) is 73.7 Å². The molecule has 204 valence electrons. The molecule has 4 aromatic rings. The van der Waals surface area contributed by atoms with E-state index in [0.29, 0.717) is 12.0 Å². The molecule has 8 heteroatoms. The van der Waals surface area contributed by atoms with Crippen LogP contribution in [-0.4, -0.2) is 5.97 Å². The van der Waals surface area contributed by atoms with E-state index in [0.717, 1.165) is 36.8 Å². The molecule has 1 aromatic heterocycles. The summed E-state index contributed by atoms with van der Waals surface area (Å²) in [5.41, 5.74) is 1.02. The summed E-state index contributed by atoms with van der Waals surface area (Å²) >= 11 is 0. The molecule has 1 heterocycles. The number of rotatable bonds is 9. The van der Waals surface area contributed by atoms with E-state index in [9.17, 15) is 22.8 Å². The standard InChI is InChI=1S/C31H29F3O5/c1-4-5-6-8-13-22-17-24-26(18-25(22)39-30(36)21-11-9-7-10-12-21)38-29(31(32,33)34)28(27(24)35)37-23-15-19(2)14-20(3)16-23/h7,9-12,14-18H,4-6,8,13H2,1-3H3. The number of esters is 1. The van der Waals surface area contributed by atoms with Gasteiger partial charge in [-0.2, -0.15) is 13.2 Å². The van der Waals surface area contributed by atoms with E-state index >= 15 is 0 Å². The molecule has 0 aliphatic rings. The number of carbonyl (C=O) groups excluding carboxylic acids is 1. The molecule has 0 N–H and O–H groups in total. The topological polar surface area (TPSA) is 65.7 Å². The minimum atomic E-state index is -5.01. The van der Waals surface area contributed by atoms with Crippen molar-refractivity contribution in [1.82, 2.24) is 0 Å². The van der Waals surface area contributed by atoms with Gasteiger partial charge in [0, 0.05) is 6.07 Å². The van der Waals surface area contributed by atoms with Gasteiger partial charge >= 0.3 is 12.1 Å². The van der Waals surface area contributed by atoms with Crippen molar-refractivity contribution < 1.29 is 31.9 Å². The fourth-order valence-electron chi connectivity index (χ4n) is 4.40. The molecule has 0 amide bonds. The second-order valence-electron chi connectivity index (χ2n) is 9.53. The van der Waals surface area contributed by atoms with E-state index < -0.39 is 29.1 Å². The van der Waals surface area contributed by atoms with Gasteiger partial charge in [0.2, 0.25) is 11.2 Å². The van der Waals surface area contributed by atoms with E-state index in [1.165, 1.54) is 12.1 Å². The summed E-state index contributed by atoms with van der Waals surface area (Å²) in [6.07, 6.45) is -0.896. The first-order valence-corrected chi connectivity index (χ1v) is 12.8. The van der Waals surface area contributed by atoms with E-state index in [-0.39, 0.29) is 28.0 Å². The molecule has 0 aliphatic heterocycles. The van der Waals surface area contributed by atoms with Crippen LogP contribution >= 0.6 is 0 Å². The van der Waals surface area contributed by atoms with Gasteiger partial charge in [-0.3, -0.25) is 4.79 Å². The Morgan fingerprint density at radius 3 is 2.26 bits per heavy atom. The Bertz CT molecular complexity index is 1520. The van der Waals surface area contributed by atoms with Gasteiger partial charge in [0.1, 0.15) is 17.1 Å². The molecule has 5 nitrogen and oxygen atoms in total. The van der Waals surface area contributed by atoms with E-state index in [1.54, 1.807) is 56.3 Å².